The molecule has 0 atom stereocenters. The molecule has 0 aliphatic heterocycles. The highest BCUT2D eigenvalue weighted by atomic mass is 35.5. The lowest BCUT2D eigenvalue weighted by atomic mass is 9.67. The van der Waals surface area contributed by atoms with E-state index in [1.165, 1.54) is 0 Å². The molecule has 0 heterocycles. The lowest BCUT2D eigenvalue weighted by Gasteiger charge is -2.38. The number of carbonyl (C=O) groups excluding carboxylic acids is 1. The smallest absolute Gasteiger partial charge is 0.238 e. The van der Waals surface area contributed by atoms with Crippen LogP contribution >= 0.6 is 23.2 Å². The Morgan fingerprint density at radius 1 is 1.37 bits per heavy atom. The predicted octanol–water partition coefficient (Wildman–Crippen LogP) is 2.85. The molecule has 2 rings (SSSR count). The summed E-state index contributed by atoms with van der Waals surface area (Å²) in [6.07, 6.45) is 2.00. The second-order valence-corrected chi connectivity index (χ2v) is 5.32. The first-order valence-electron chi connectivity index (χ1n) is 5.74. The largest absolute Gasteiger partial charge is 0.409 e. The number of amides is 1. The maximum absolute atomic E-state index is 12.3. The van der Waals surface area contributed by atoms with Gasteiger partial charge in [-0.25, -0.2) is 0 Å². The van der Waals surface area contributed by atoms with E-state index >= 15 is 0 Å². The maximum atomic E-state index is 12.3. The molecule has 1 aliphatic rings. The quantitative estimate of drug-likeness (QED) is 0.347. The topological polar surface area (TPSA) is 87.7 Å². The van der Waals surface area contributed by atoms with Crippen LogP contribution in [0.4, 0.5) is 5.69 Å². The number of carbonyl (C=O) groups is 1. The third kappa shape index (κ3) is 2.48. The van der Waals surface area contributed by atoms with Gasteiger partial charge in [-0.2, -0.15) is 0 Å². The fourth-order valence-corrected chi connectivity index (χ4v) is 2.35. The summed E-state index contributed by atoms with van der Waals surface area (Å²) < 4.78 is 0. The highest BCUT2D eigenvalue weighted by Crippen LogP contribution is 2.42. The predicted molar refractivity (Wildman–Crippen MR) is 74.8 cm³/mol. The zero-order chi connectivity index (χ0) is 14.0. The molecule has 0 spiro atoms. The van der Waals surface area contributed by atoms with Gasteiger partial charge in [0.25, 0.3) is 0 Å². The van der Waals surface area contributed by atoms with Crippen molar-refractivity contribution in [2.24, 2.45) is 16.3 Å². The Labute approximate surface area is 120 Å². The first-order valence-corrected chi connectivity index (χ1v) is 6.50. The third-order valence-corrected chi connectivity index (χ3v) is 4.16. The standard InChI is InChI=1S/C12H13Cl2N3O2/c13-8-3-2-7(6-9(8)14)16-11(18)12(4-1-5-12)10(15)17-19/h2-3,6,19H,1,4-5H2,(H2,15,17)(H,16,18). The lowest BCUT2D eigenvalue weighted by Crippen LogP contribution is -2.51. The average molecular weight is 302 g/mol. The number of nitrogens with one attached hydrogen (secondary N) is 1. The van der Waals surface area contributed by atoms with Crippen molar-refractivity contribution in [3.8, 4) is 0 Å². The van der Waals surface area contributed by atoms with Gasteiger partial charge in [0, 0.05) is 5.69 Å². The first-order chi connectivity index (χ1) is 8.99. The molecule has 1 aromatic carbocycles. The Bertz CT molecular complexity index is 542. The summed E-state index contributed by atoms with van der Waals surface area (Å²) in [5, 5.41) is 15.2. The van der Waals surface area contributed by atoms with Gasteiger partial charge >= 0.3 is 0 Å². The molecule has 0 aromatic heterocycles. The van der Waals surface area contributed by atoms with Gasteiger partial charge in [-0.05, 0) is 31.0 Å². The van der Waals surface area contributed by atoms with Crippen molar-refractivity contribution in [2.75, 3.05) is 5.32 Å². The Kier molecular flexibility index (Phi) is 3.87. The van der Waals surface area contributed by atoms with Crippen LogP contribution in [-0.2, 0) is 4.79 Å². The molecule has 7 heteroatoms. The van der Waals surface area contributed by atoms with Gasteiger partial charge in [-0.15, -0.1) is 0 Å². The van der Waals surface area contributed by atoms with Gasteiger partial charge in [0.15, 0.2) is 5.84 Å². The number of anilines is 1. The Hall–Kier alpha value is -1.46. The van der Waals surface area contributed by atoms with Crippen molar-refractivity contribution in [3.05, 3.63) is 28.2 Å². The molecule has 0 unspecified atom stereocenters. The first kappa shape index (κ1) is 14.0. The molecule has 4 N–H and O–H groups in total. The van der Waals surface area contributed by atoms with Crippen molar-refractivity contribution in [1.29, 1.82) is 0 Å². The molecule has 0 saturated heterocycles. The molecular formula is C12H13Cl2N3O2. The second kappa shape index (κ2) is 5.27. The third-order valence-electron chi connectivity index (χ3n) is 3.42. The van der Waals surface area contributed by atoms with Crippen LogP contribution in [0.1, 0.15) is 19.3 Å². The summed E-state index contributed by atoms with van der Waals surface area (Å²) in [6, 6.07) is 4.79. The van der Waals surface area contributed by atoms with Crippen LogP contribution in [0.15, 0.2) is 23.4 Å². The van der Waals surface area contributed by atoms with E-state index in [2.05, 4.69) is 10.5 Å². The molecule has 0 bridgehead atoms. The molecule has 5 nitrogen and oxygen atoms in total. The highest BCUT2D eigenvalue weighted by molar-refractivity contribution is 6.42. The number of hydrogen-bond acceptors (Lipinski definition) is 3. The number of nitrogens with two attached hydrogens (primary N) is 1. The number of rotatable bonds is 3. The van der Waals surface area contributed by atoms with Crippen LogP contribution in [0, 0.1) is 5.41 Å². The molecule has 19 heavy (non-hydrogen) atoms. The van der Waals surface area contributed by atoms with E-state index in [0.29, 0.717) is 28.6 Å². The van der Waals surface area contributed by atoms with E-state index in [1.807, 2.05) is 0 Å². The van der Waals surface area contributed by atoms with Gasteiger partial charge in [-0.1, -0.05) is 34.8 Å². The van der Waals surface area contributed by atoms with E-state index in [9.17, 15) is 4.79 Å². The zero-order valence-electron chi connectivity index (χ0n) is 9.99. The summed E-state index contributed by atoms with van der Waals surface area (Å²) in [5.74, 6) is -0.358. The van der Waals surface area contributed by atoms with Crippen molar-refractivity contribution in [2.45, 2.75) is 19.3 Å². The minimum Gasteiger partial charge on any atom is -0.409 e. The maximum Gasteiger partial charge on any atom is 0.238 e. The molecule has 1 aliphatic carbocycles. The fraction of sp³-hybridized carbons (Fsp3) is 0.333. The summed E-state index contributed by atoms with van der Waals surface area (Å²) >= 11 is 11.7. The van der Waals surface area contributed by atoms with Crippen LogP contribution in [-0.4, -0.2) is 17.0 Å². The van der Waals surface area contributed by atoms with Crippen LogP contribution in [0.25, 0.3) is 0 Å². The van der Waals surface area contributed by atoms with Gasteiger partial charge in [0.2, 0.25) is 5.91 Å². The number of halogens is 2. The monoisotopic (exact) mass is 301 g/mol. The molecule has 1 saturated carbocycles. The summed E-state index contributed by atoms with van der Waals surface area (Å²) in [4.78, 5) is 12.3. The number of oxime groups is 1. The molecular weight excluding hydrogens is 289 g/mol. The van der Waals surface area contributed by atoms with Crippen LogP contribution in [0.5, 0.6) is 0 Å². The Balaban J connectivity index is 2.18. The number of amidine groups is 1. The molecule has 1 fully saturated rings. The molecule has 102 valence electrons. The number of hydrogen-bond donors (Lipinski definition) is 3. The number of nitrogens with zero attached hydrogens (tertiary/aromatic N) is 1. The summed E-state index contributed by atoms with van der Waals surface area (Å²) in [6.45, 7) is 0. The van der Waals surface area contributed by atoms with Crippen LogP contribution < -0.4 is 11.1 Å². The van der Waals surface area contributed by atoms with Gasteiger partial charge in [0.05, 0.1) is 10.0 Å². The zero-order valence-corrected chi connectivity index (χ0v) is 11.5. The summed E-state index contributed by atoms with van der Waals surface area (Å²) in [7, 11) is 0. The second-order valence-electron chi connectivity index (χ2n) is 4.50. The van der Waals surface area contributed by atoms with Gasteiger partial charge in [-0.3, -0.25) is 4.79 Å². The Morgan fingerprint density at radius 3 is 2.53 bits per heavy atom. The lowest BCUT2D eigenvalue weighted by molar-refractivity contribution is -0.125. The van der Waals surface area contributed by atoms with Gasteiger partial charge in [0.1, 0.15) is 5.41 Å². The normalized spacial score (nSPS) is 17.7. The van der Waals surface area contributed by atoms with Gasteiger partial charge < -0.3 is 16.3 Å². The summed E-state index contributed by atoms with van der Waals surface area (Å²) in [5.41, 5.74) is 5.22. The highest BCUT2D eigenvalue weighted by Gasteiger charge is 2.48. The minimum absolute atomic E-state index is 0.0590. The molecule has 1 amide bonds. The number of benzene rings is 1. The van der Waals surface area contributed by atoms with Crippen molar-refractivity contribution < 1.29 is 10.0 Å². The Morgan fingerprint density at radius 2 is 2.05 bits per heavy atom. The van der Waals surface area contributed by atoms with E-state index in [-0.39, 0.29) is 11.7 Å². The van der Waals surface area contributed by atoms with E-state index in [1.54, 1.807) is 18.2 Å². The average Bonchev–Trinajstić information content (AvgIpc) is 2.32. The van der Waals surface area contributed by atoms with Crippen molar-refractivity contribution in [1.82, 2.24) is 0 Å². The molecule has 1 aromatic rings. The molecule has 0 radical (unpaired) electrons. The van der Waals surface area contributed by atoms with Crippen molar-refractivity contribution in [3.63, 3.8) is 0 Å². The van der Waals surface area contributed by atoms with E-state index < -0.39 is 5.41 Å². The van der Waals surface area contributed by atoms with Crippen LogP contribution in [0.3, 0.4) is 0 Å². The SMILES string of the molecule is N/C(=N/O)C1(C(=O)Nc2ccc(Cl)c(Cl)c2)CCC1. The fourth-order valence-electron chi connectivity index (χ4n) is 2.05. The van der Waals surface area contributed by atoms with Crippen LogP contribution in [0.2, 0.25) is 10.0 Å². The van der Waals surface area contributed by atoms with Crippen molar-refractivity contribution >= 4 is 40.6 Å². The van der Waals surface area contributed by atoms with E-state index in [0.717, 1.165) is 6.42 Å². The van der Waals surface area contributed by atoms with E-state index in [4.69, 9.17) is 34.1 Å². The minimum atomic E-state index is -0.916.